The highest BCUT2D eigenvalue weighted by molar-refractivity contribution is 7.47. The zero-order chi connectivity index (χ0) is 52.7. The molecule has 0 aliphatic heterocycles. The van der Waals surface area contributed by atoms with Crippen molar-refractivity contribution >= 4 is 25.7 Å². The van der Waals surface area contributed by atoms with Crippen LogP contribution in [-0.4, -0.2) is 66.5 Å². The number of hydrogen-bond donors (Lipinski definition) is 2. The maximum atomic E-state index is 12.9. The van der Waals surface area contributed by atoms with Crippen molar-refractivity contribution in [3.8, 4) is 0 Å². The summed E-state index contributed by atoms with van der Waals surface area (Å²) in [6.07, 6.45) is 54.5. The van der Waals surface area contributed by atoms with Crippen LogP contribution in [0, 0.1) is 0 Å². The molecule has 3 atom stereocenters. The van der Waals surface area contributed by atoms with E-state index >= 15 is 0 Å². The zero-order valence-corrected chi connectivity index (χ0v) is 48.1. The van der Waals surface area contributed by atoms with E-state index in [1.54, 1.807) is 0 Å². The van der Waals surface area contributed by atoms with Gasteiger partial charge in [-0.3, -0.25) is 23.4 Å². The summed E-state index contributed by atoms with van der Waals surface area (Å²) in [6, 6.07) is 0. The standard InChI is InChI=1S/C60H115O11P/c1-4-7-10-13-16-19-22-24-26-28-30-32-35-38-41-44-47-50-59(63)70-56(52-61)54-68-72(65,66)69-55-57(53-67-58(62)49-46-43-40-37-34-21-18-15-12-9-6-3)71-60(64)51-48-45-42-39-36-33-31-29-27-25-23-20-17-14-11-8-5-2/h15,18,56-57,61H,4-14,16-17,19-55H2,1-3H3,(H,65,66)/b18-15-. The highest BCUT2D eigenvalue weighted by Crippen LogP contribution is 2.43. The molecule has 2 N–H and O–H groups in total. The third kappa shape index (κ3) is 53.1. The first-order valence-electron chi connectivity index (χ1n) is 30.6. The van der Waals surface area contributed by atoms with Gasteiger partial charge in [-0.15, -0.1) is 0 Å². The van der Waals surface area contributed by atoms with Crippen LogP contribution in [-0.2, 0) is 42.2 Å². The number of phosphoric acid groups is 1. The van der Waals surface area contributed by atoms with E-state index in [0.717, 1.165) is 77.0 Å². The maximum Gasteiger partial charge on any atom is 0.472 e. The van der Waals surface area contributed by atoms with E-state index in [2.05, 4.69) is 32.9 Å². The van der Waals surface area contributed by atoms with Gasteiger partial charge in [0.15, 0.2) is 6.10 Å². The van der Waals surface area contributed by atoms with Crippen molar-refractivity contribution in [3.05, 3.63) is 12.2 Å². The Hall–Kier alpha value is -1.78. The average molecular weight is 1040 g/mol. The van der Waals surface area contributed by atoms with Crippen LogP contribution in [0.1, 0.15) is 316 Å². The predicted octanol–water partition coefficient (Wildman–Crippen LogP) is 18.0. The van der Waals surface area contributed by atoms with Gasteiger partial charge in [0.25, 0.3) is 0 Å². The summed E-state index contributed by atoms with van der Waals surface area (Å²) >= 11 is 0. The SMILES string of the molecule is CCCC/C=C\CCCCCCCC(=O)OCC(COP(=O)(O)OCC(CO)OC(=O)CCCCCCCCCCCCCCCCCCC)OC(=O)CCCCCCCCCCCCCCCCCCC. The zero-order valence-electron chi connectivity index (χ0n) is 47.2. The second-order valence-corrected chi connectivity index (χ2v) is 22.3. The molecule has 0 aromatic heterocycles. The van der Waals surface area contributed by atoms with Crippen LogP contribution in [0.15, 0.2) is 12.2 Å². The molecule has 0 fully saturated rings. The fourth-order valence-electron chi connectivity index (χ4n) is 8.99. The van der Waals surface area contributed by atoms with Gasteiger partial charge < -0.3 is 24.2 Å². The van der Waals surface area contributed by atoms with Crippen LogP contribution in [0.4, 0.5) is 0 Å². The number of carbonyl (C=O) groups excluding carboxylic acids is 3. The van der Waals surface area contributed by atoms with Crippen molar-refractivity contribution in [1.29, 1.82) is 0 Å². The first kappa shape index (κ1) is 70.2. The molecular weight excluding hydrogens is 928 g/mol. The van der Waals surface area contributed by atoms with E-state index in [9.17, 15) is 28.9 Å². The number of ether oxygens (including phenoxy) is 3. The second-order valence-electron chi connectivity index (χ2n) is 20.9. The summed E-state index contributed by atoms with van der Waals surface area (Å²) in [5, 5.41) is 9.83. The largest absolute Gasteiger partial charge is 0.472 e. The molecule has 0 rings (SSSR count). The molecule has 426 valence electrons. The Balaban J connectivity index is 4.59. The molecular formula is C60H115O11P. The van der Waals surface area contributed by atoms with Gasteiger partial charge in [-0.2, -0.15) is 0 Å². The molecule has 0 aromatic rings. The summed E-state index contributed by atoms with van der Waals surface area (Å²) in [6.45, 7) is 4.67. The van der Waals surface area contributed by atoms with Gasteiger partial charge in [0, 0.05) is 19.3 Å². The minimum atomic E-state index is -4.74. The lowest BCUT2D eigenvalue weighted by Gasteiger charge is -2.21. The number of esters is 3. The average Bonchev–Trinajstić information content (AvgIpc) is 3.37. The lowest BCUT2D eigenvalue weighted by Crippen LogP contribution is -2.30. The molecule has 0 spiro atoms. The molecule has 3 unspecified atom stereocenters. The molecule has 12 heteroatoms. The van der Waals surface area contributed by atoms with Crippen molar-refractivity contribution in [2.75, 3.05) is 26.4 Å². The van der Waals surface area contributed by atoms with E-state index in [1.165, 1.54) is 180 Å². The number of unbranched alkanes of at least 4 members (excludes halogenated alkanes) is 39. The normalized spacial score (nSPS) is 13.3. The first-order valence-corrected chi connectivity index (χ1v) is 32.1. The smallest absolute Gasteiger partial charge is 0.462 e. The minimum Gasteiger partial charge on any atom is -0.462 e. The van der Waals surface area contributed by atoms with Gasteiger partial charge in [-0.05, 0) is 38.5 Å². The van der Waals surface area contributed by atoms with Gasteiger partial charge >= 0.3 is 25.7 Å². The quantitative estimate of drug-likeness (QED) is 0.0197. The lowest BCUT2D eigenvalue weighted by atomic mass is 10.0. The summed E-state index contributed by atoms with van der Waals surface area (Å²) in [7, 11) is -4.74. The van der Waals surface area contributed by atoms with Crippen LogP contribution in [0.5, 0.6) is 0 Å². The number of aliphatic hydroxyl groups excluding tert-OH is 1. The van der Waals surface area contributed by atoms with Gasteiger partial charge in [-0.1, -0.05) is 270 Å². The van der Waals surface area contributed by atoms with Crippen molar-refractivity contribution < 1.29 is 52.2 Å². The van der Waals surface area contributed by atoms with Gasteiger partial charge in [-0.25, -0.2) is 4.57 Å². The first-order chi connectivity index (χ1) is 35.2. The number of carbonyl (C=O) groups is 3. The molecule has 0 bridgehead atoms. The fraction of sp³-hybridized carbons (Fsp3) is 0.917. The molecule has 0 heterocycles. The highest BCUT2D eigenvalue weighted by atomic mass is 31.2. The molecule has 0 amide bonds. The summed E-state index contributed by atoms with van der Waals surface area (Å²) in [4.78, 5) is 48.5. The molecule has 0 saturated heterocycles. The Morgan fingerprint density at radius 1 is 0.375 bits per heavy atom. The fourth-order valence-corrected chi connectivity index (χ4v) is 9.77. The van der Waals surface area contributed by atoms with Crippen LogP contribution in [0.25, 0.3) is 0 Å². The monoisotopic (exact) mass is 1040 g/mol. The van der Waals surface area contributed by atoms with Gasteiger partial charge in [0.05, 0.1) is 19.8 Å². The Bertz CT molecular complexity index is 1260. The third-order valence-electron chi connectivity index (χ3n) is 13.7. The van der Waals surface area contributed by atoms with Crippen molar-refractivity contribution in [1.82, 2.24) is 0 Å². The topological polar surface area (TPSA) is 155 Å². The second kappa shape index (κ2) is 55.5. The summed E-state index contributed by atoms with van der Waals surface area (Å²) in [5.41, 5.74) is 0. The van der Waals surface area contributed by atoms with Crippen LogP contribution < -0.4 is 0 Å². The van der Waals surface area contributed by atoms with Crippen molar-refractivity contribution in [2.24, 2.45) is 0 Å². The Kier molecular flexibility index (Phi) is 54.1. The molecule has 0 aromatic carbocycles. The Morgan fingerprint density at radius 3 is 1.00 bits per heavy atom. The third-order valence-corrected chi connectivity index (χ3v) is 14.6. The lowest BCUT2D eigenvalue weighted by molar-refractivity contribution is -0.161. The van der Waals surface area contributed by atoms with Crippen LogP contribution >= 0.6 is 7.82 Å². The number of allylic oxidation sites excluding steroid dienone is 2. The number of rotatable bonds is 58. The highest BCUT2D eigenvalue weighted by Gasteiger charge is 2.28. The van der Waals surface area contributed by atoms with E-state index in [4.69, 9.17) is 23.3 Å². The van der Waals surface area contributed by atoms with E-state index in [0.29, 0.717) is 19.3 Å². The van der Waals surface area contributed by atoms with Gasteiger partial charge in [0.1, 0.15) is 12.7 Å². The predicted molar refractivity (Wildman–Crippen MR) is 298 cm³/mol. The molecule has 0 aliphatic carbocycles. The number of hydrogen-bond acceptors (Lipinski definition) is 10. The van der Waals surface area contributed by atoms with Gasteiger partial charge in [0.2, 0.25) is 0 Å². The Morgan fingerprint density at radius 2 is 0.653 bits per heavy atom. The van der Waals surface area contributed by atoms with Crippen molar-refractivity contribution in [2.45, 2.75) is 328 Å². The van der Waals surface area contributed by atoms with E-state index in [-0.39, 0.29) is 25.9 Å². The summed E-state index contributed by atoms with van der Waals surface area (Å²) < 4.78 is 39.6. The number of phosphoric ester groups is 1. The molecule has 0 aliphatic rings. The summed E-state index contributed by atoms with van der Waals surface area (Å²) in [5.74, 6) is -1.44. The molecule has 0 saturated carbocycles. The number of aliphatic hydroxyl groups is 1. The molecule has 72 heavy (non-hydrogen) atoms. The van der Waals surface area contributed by atoms with Crippen LogP contribution in [0.2, 0.25) is 0 Å². The minimum absolute atomic E-state index is 0.174. The molecule has 0 radical (unpaired) electrons. The van der Waals surface area contributed by atoms with Crippen LogP contribution in [0.3, 0.4) is 0 Å². The Labute approximate surface area is 443 Å². The maximum absolute atomic E-state index is 12.9. The van der Waals surface area contributed by atoms with E-state index < -0.39 is 57.8 Å². The van der Waals surface area contributed by atoms with Crippen molar-refractivity contribution in [3.63, 3.8) is 0 Å². The molecule has 11 nitrogen and oxygen atoms in total. The van der Waals surface area contributed by atoms with E-state index in [1.807, 2.05) is 0 Å².